The van der Waals surface area contributed by atoms with Crippen LogP contribution < -0.4 is 10.1 Å². The molecule has 3 aliphatic carbocycles. The number of hydrogen-bond acceptors (Lipinski definition) is 4. The van der Waals surface area contributed by atoms with Crippen LogP contribution in [0.4, 0.5) is 5.69 Å². The summed E-state index contributed by atoms with van der Waals surface area (Å²) in [5, 5.41) is 2.98. The lowest BCUT2D eigenvalue weighted by Crippen LogP contribution is -2.57. The fourth-order valence-corrected chi connectivity index (χ4v) is 8.39. The van der Waals surface area contributed by atoms with Crippen molar-refractivity contribution >= 4 is 17.5 Å². The van der Waals surface area contributed by atoms with Crippen molar-refractivity contribution < 1.29 is 14.3 Å². The summed E-state index contributed by atoms with van der Waals surface area (Å²) in [6.45, 7) is 9.47. The van der Waals surface area contributed by atoms with E-state index in [1.54, 1.807) is 18.3 Å². The molecule has 5 rings (SSSR count). The molecule has 2 heterocycles. The molecule has 0 aromatic carbocycles. The zero-order chi connectivity index (χ0) is 24.3. The fraction of sp³-hybridized carbons (Fsp3) is 0.679. The zero-order valence-corrected chi connectivity index (χ0v) is 21.3. The molecular weight excluding hydrogens is 426 g/mol. The highest BCUT2D eigenvalue weighted by molar-refractivity contribution is 6.07. The summed E-state index contributed by atoms with van der Waals surface area (Å²) < 4.78 is 5.47. The zero-order valence-electron chi connectivity index (χ0n) is 21.3. The number of likely N-dealkylation sites (tertiary alicyclic amines) is 1. The molecule has 184 valence electrons. The van der Waals surface area contributed by atoms with Crippen molar-refractivity contribution in [2.24, 2.45) is 34.5 Å². The van der Waals surface area contributed by atoms with E-state index in [0.29, 0.717) is 41.8 Å². The van der Waals surface area contributed by atoms with Gasteiger partial charge in [-0.15, -0.1) is 0 Å². The molecule has 0 radical (unpaired) electrons. The maximum absolute atomic E-state index is 13.5. The van der Waals surface area contributed by atoms with E-state index >= 15 is 0 Å². The molecule has 1 saturated heterocycles. The summed E-state index contributed by atoms with van der Waals surface area (Å²) in [5.74, 6) is 1.41. The largest absolute Gasteiger partial charge is 0.478 e. The Bertz CT molecular complexity index is 1040. The molecule has 1 unspecified atom stereocenters. The van der Waals surface area contributed by atoms with Crippen LogP contribution in [-0.4, -0.2) is 35.4 Å². The quantitative estimate of drug-likeness (QED) is 0.603. The molecule has 1 N–H and O–H groups in total. The molecular formula is C28H39N3O3. The van der Waals surface area contributed by atoms with Crippen LogP contribution in [0.15, 0.2) is 29.6 Å². The van der Waals surface area contributed by atoms with Gasteiger partial charge in [0.15, 0.2) is 0 Å². The molecule has 2 amide bonds. The fourth-order valence-electron chi connectivity index (χ4n) is 8.39. The van der Waals surface area contributed by atoms with Gasteiger partial charge in [0.25, 0.3) is 0 Å². The first-order valence-electron chi connectivity index (χ1n) is 13.1. The third kappa shape index (κ3) is 3.56. The number of piperidine rings is 1. The predicted octanol–water partition coefficient (Wildman–Crippen LogP) is 5.41. The predicted molar refractivity (Wildman–Crippen MR) is 132 cm³/mol. The van der Waals surface area contributed by atoms with E-state index in [-0.39, 0.29) is 17.2 Å². The SMILES string of the molecule is CCOc1cc(NC(=O)C2C[C@@]3(C)C(=C(C)C[C@@H]4[C@H]3CC[C@]3(C)CCC[C@@H]43)N(C)C2=O)ccn1. The third-order valence-electron chi connectivity index (χ3n) is 9.73. The summed E-state index contributed by atoms with van der Waals surface area (Å²) in [4.78, 5) is 32.9. The van der Waals surface area contributed by atoms with Crippen LogP contribution in [0.5, 0.6) is 5.88 Å². The van der Waals surface area contributed by atoms with Crippen LogP contribution in [-0.2, 0) is 9.59 Å². The van der Waals surface area contributed by atoms with Gasteiger partial charge >= 0.3 is 0 Å². The second kappa shape index (κ2) is 8.39. The highest BCUT2D eigenvalue weighted by Gasteiger charge is 2.60. The van der Waals surface area contributed by atoms with E-state index in [1.807, 2.05) is 18.9 Å². The number of aromatic nitrogens is 1. The Kier molecular flexibility index (Phi) is 5.77. The Labute approximate surface area is 203 Å². The van der Waals surface area contributed by atoms with Crippen molar-refractivity contribution in [3.05, 3.63) is 29.6 Å². The van der Waals surface area contributed by atoms with Crippen molar-refractivity contribution in [2.45, 2.75) is 72.6 Å². The molecule has 34 heavy (non-hydrogen) atoms. The van der Waals surface area contributed by atoms with Crippen molar-refractivity contribution in [1.82, 2.24) is 9.88 Å². The van der Waals surface area contributed by atoms with Gasteiger partial charge in [0, 0.05) is 36.1 Å². The smallest absolute Gasteiger partial charge is 0.239 e. The molecule has 1 aromatic heterocycles. The number of carbonyl (C=O) groups is 2. The van der Waals surface area contributed by atoms with E-state index in [9.17, 15) is 9.59 Å². The van der Waals surface area contributed by atoms with Crippen molar-refractivity contribution in [2.75, 3.05) is 19.0 Å². The monoisotopic (exact) mass is 465 g/mol. The van der Waals surface area contributed by atoms with Crippen LogP contribution >= 0.6 is 0 Å². The van der Waals surface area contributed by atoms with E-state index in [2.05, 4.69) is 31.1 Å². The maximum Gasteiger partial charge on any atom is 0.239 e. The number of pyridine rings is 1. The normalized spacial score (nSPS) is 37.1. The minimum absolute atomic E-state index is 0.0941. The second-order valence-electron chi connectivity index (χ2n) is 11.7. The van der Waals surface area contributed by atoms with Gasteiger partial charge in [-0.2, -0.15) is 0 Å². The van der Waals surface area contributed by atoms with E-state index < -0.39 is 5.92 Å². The average molecular weight is 466 g/mol. The minimum Gasteiger partial charge on any atom is -0.478 e. The van der Waals surface area contributed by atoms with Crippen molar-refractivity contribution in [1.29, 1.82) is 0 Å². The highest BCUT2D eigenvalue weighted by Crippen LogP contribution is 2.65. The molecule has 2 saturated carbocycles. The summed E-state index contributed by atoms with van der Waals surface area (Å²) in [7, 11) is 1.88. The van der Waals surface area contributed by atoms with Gasteiger partial charge in [-0.05, 0) is 81.6 Å². The lowest BCUT2D eigenvalue weighted by Gasteiger charge is -2.59. The first kappa shape index (κ1) is 23.4. The highest BCUT2D eigenvalue weighted by atomic mass is 16.5. The van der Waals surface area contributed by atoms with Gasteiger partial charge in [-0.25, -0.2) is 4.98 Å². The van der Waals surface area contributed by atoms with Crippen molar-refractivity contribution in [3.8, 4) is 5.88 Å². The number of amides is 2. The molecule has 6 heteroatoms. The number of fused-ring (bicyclic) bond motifs is 5. The maximum atomic E-state index is 13.5. The van der Waals surface area contributed by atoms with E-state index in [0.717, 1.165) is 12.3 Å². The number of hydrogen-bond donors (Lipinski definition) is 1. The van der Waals surface area contributed by atoms with Gasteiger partial charge in [0.2, 0.25) is 17.7 Å². The molecule has 3 fully saturated rings. The number of ether oxygens (including phenoxy) is 1. The number of nitrogens with one attached hydrogen (secondary N) is 1. The summed E-state index contributed by atoms with van der Waals surface area (Å²) in [6.07, 6.45) is 9.80. The molecule has 1 aromatic rings. The lowest BCUT2D eigenvalue weighted by atomic mass is 9.48. The third-order valence-corrected chi connectivity index (χ3v) is 9.73. The Balaban J connectivity index is 1.44. The minimum atomic E-state index is -0.689. The van der Waals surface area contributed by atoms with E-state index in [1.165, 1.54) is 43.4 Å². The van der Waals surface area contributed by atoms with E-state index in [4.69, 9.17) is 4.74 Å². The van der Waals surface area contributed by atoms with Gasteiger partial charge in [-0.1, -0.05) is 25.8 Å². The van der Waals surface area contributed by atoms with Gasteiger partial charge in [0.05, 0.1) is 6.61 Å². The Hall–Kier alpha value is -2.37. The molecule has 0 bridgehead atoms. The number of allylic oxidation sites excluding steroid dienone is 2. The summed E-state index contributed by atoms with van der Waals surface area (Å²) in [5.41, 5.74) is 3.47. The standard InChI is InChI=1S/C28H39N3O3/c1-6-34-23-15-18(10-13-29-23)30-25(32)20-16-28(4)22-9-12-27(3)11-7-8-21(27)19(22)14-17(2)24(28)31(5)26(20)33/h10,13,15,19-22H,6-9,11-12,14,16H2,1-5H3,(H,29,30,32)/t19-,20?,21-,22+,27-,28+/m0/s1. The Morgan fingerprint density at radius 2 is 2.06 bits per heavy atom. The van der Waals surface area contributed by atoms with Gasteiger partial charge in [0.1, 0.15) is 5.92 Å². The number of carbonyl (C=O) groups excluding carboxylic acids is 2. The lowest BCUT2D eigenvalue weighted by molar-refractivity contribution is -0.147. The van der Waals surface area contributed by atoms with Crippen LogP contribution in [0.2, 0.25) is 0 Å². The first-order valence-corrected chi connectivity index (χ1v) is 13.1. The summed E-state index contributed by atoms with van der Waals surface area (Å²) >= 11 is 0. The molecule has 0 spiro atoms. The number of nitrogens with zero attached hydrogens (tertiary/aromatic N) is 2. The molecule has 6 atom stereocenters. The molecule has 4 aliphatic rings. The van der Waals surface area contributed by atoms with Crippen LogP contribution in [0, 0.1) is 34.5 Å². The molecule has 1 aliphatic heterocycles. The number of rotatable bonds is 4. The summed E-state index contributed by atoms with van der Waals surface area (Å²) in [6, 6.07) is 3.46. The molecule has 6 nitrogen and oxygen atoms in total. The number of anilines is 1. The van der Waals surface area contributed by atoms with Crippen LogP contribution in [0.3, 0.4) is 0 Å². The second-order valence-corrected chi connectivity index (χ2v) is 11.7. The topological polar surface area (TPSA) is 71.5 Å². The van der Waals surface area contributed by atoms with Gasteiger partial charge in [-0.3, -0.25) is 9.59 Å². The first-order chi connectivity index (χ1) is 16.2. The average Bonchev–Trinajstić information content (AvgIpc) is 3.19. The van der Waals surface area contributed by atoms with Crippen molar-refractivity contribution in [3.63, 3.8) is 0 Å². The van der Waals surface area contributed by atoms with Crippen LogP contribution in [0.1, 0.15) is 72.6 Å². The van der Waals surface area contributed by atoms with Crippen LogP contribution in [0.25, 0.3) is 0 Å². The Morgan fingerprint density at radius 3 is 2.82 bits per heavy atom. The Morgan fingerprint density at radius 1 is 1.26 bits per heavy atom. The van der Waals surface area contributed by atoms with Gasteiger partial charge < -0.3 is 15.0 Å².